The summed E-state index contributed by atoms with van der Waals surface area (Å²) in [5, 5.41) is 8.93. The van der Waals surface area contributed by atoms with Crippen LogP contribution in [0.25, 0.3) is 11.3 Å². The van der Waals surface area contributed by atoms with Gasteiger partial charge in [-0.2, -0.15) is 13.2 Å². The molecule has 1 heterocycles. The van der Waals surface area contributed by atoms with Gasteiger partial charge in [-0.1, -0.05) is 35.5 Å². The predicted molar refractivity (Wildman–Crippen MR) is 64.4 cm³/mol. The average molecular weight is 284 g/mol. The number of carbonyl (C=O) groups is 1. The molecule has 1 atom stereocenters. The second kappa shape index (κ2) is 5.32. The molecule has 2 aromatic rings. The van der Waals surface area contributed by atoms with Crippen molar-refractivity contribution in [1.82, 2.24) is 20.3 Å². The fourth-order valence-corrected chi connectivity index (χ4v) is 1.63. The monoisotopic (exact) mass is 284 g/mol. The molecule has 20 heavy (non-hydrogen) atoms. The first-order chi connectivity index (χ1) is 9.38. The van der Waals surface area contributed by atoms with Crippen molar-refractivity contribution < 1.29 is 18.0 Å². The van der Waals surface area contributed by atoms with Gasteiger partial charge in [0, 0.05) is 12.5 Å². The molecule has 0 fully saturated rings. The highest BCUT2D eigenvalue weighted by atomic mass is 19.4. The lowest BCUT2D eigenvalue weighted by Gasteiger charge is -2.20. The van der Waals surface area contributed by atoms with Gasteiger partial charge < -0.3 is 5.32 Å². The number of nitrogens with zero attached hydrogens (tertiary/aromatic N) is 3. The summed E-state index contributed by atoms with van der Waals surface area (Å²) in [5.74, 6) is -0.802. The van der Waals surface area contributed by atoms with Crippen LogP contribution in [0.3, 0.4) is 0 Å². The van der Waals surface area contributed by atoms with E-state index in [1.165, 1.54) is 0 Å². The third-order valence-electron chi connectivity index (χ3n) is 2.49. The molecule has 0 aliphatic rings. The summed E-state index contributed by atoms with van der Waals surface area (Å²) >= 11 is 0. The molecule has 1 aromatic carbocycles. The minimum Gasteiger partial charge on any atom is -0.327 e. The Kier molecular flexibility index (Phi) is 3.73. The van der Waals surface area contributed by atoms with E-state index in [4.69, 9.17) is 0 Å². The molecule has 1 aromatic heterocycles. The standard InChI is InChI=1S/C12H11F3N4O/c1-8(20)16-11(12(13,14)15)19-7-10(17-18-19)9-5-3-2-4-6-9/h2-7,11H,1H3,(H,16,20). The number of nitrogens with one attached hydrogen (secondary N) is 1. The van der Waals surface area contributed by atoms with E-state index in [9.17, 15) is 18.0 Å². The first-order valence-corrected chi connectivity index (χ1v) is 5.69. The normalized spacial score (nSPS) is 13.0. The van der Waals surface area contributed by atoms with Crippen LogP contribution in [0, 0.1) is 0 Å². The second-order valence-electron chi connectivity index (χ2n) is 4.09. The topological polar surface area (TPSA) is 59.8 Å². The Morgan fingerprint density at radius 3 is 2.50 bits per heavy atom. The summed E-state index contributed by atoms with van der Waals surface area (Å²) in [6.07, 6.45) is -5.75. The second-order valence-corrected chi connectivity index (χ2v) is 4.09. The SMILES string of the molecule is CC(=O)NC(n1cc(-c2ccccc2)nn1)C(F)(F)F. The number of aromatic nitrogens is 3. The van der Waals surface area contributed by atoms with Crippen LogP contribution in [-0.2, 0) is 4.79 Å². The number of alkyl halides is 3. The van der Waals surface area contributed by atoms with Gasteiger partial charge in [0.1, 0.15) is 5.69 Å². The molecule has 0 bridgehead atoms. The molecule has 1 N–H and O–H groups in total. The summed E-state index contributed by atoms with van der Waals surface area (Å²) in [6, 6.07) is 8.67. The largest absolute Gasteiger partial charge is 0.429 e. The van der Waals surface area contributed by atoms with Crippen LogP contribution in [0.2, 0.25) is 0 Å². The van der Waals surface area contributed by atoms with Crippen molar-refractivity contribution in [2.75, 3.05) is 0 Å². The van der Waals surface area contributed by atoms with Gasteiger partial charge in [-0.05, 0) is 0 Å². The predicted octanol–water partition coefficient (Wildman–Crippen LogP) is 2.14. The molecule has 1 unspecified atom stereocenters. The van der Waals surface area contributed by atoms with E-state index in [0.29, 0.717) is 15.9 Å². The Balaban J connectivity index is 2.32. The van der Waals surface area contributed by atoms with E-state index in [1.807, 2.05) is 0 Å². The van der Waals surface area contributed by atoms with Crippen molar-refractivity contribution in [3.8, 4) is 11.3 Å². The number of amides is 1. The molecule has 5 nitrogen and oxygen atoms in total. The third-order valence-corrected chi connectivity index (χ3v) is 2.49. The number of benzene rings is 1. The van der Waals surface area contributed by atoms with E-state index in [0.717, 1.165) is 13.1 Å². The first kappa shape index (κ1) is 14.0. The molecule has 1 amide bonds. The smallest absolute Gasteiger partial charge is 0.327 e. The molecular formula is C12H11F3N4O. The highest BCUT2D eigenvalue weighted by molar-refractivity contribution is 5.73. The molecule has 0 saturated carbocycles. The Morgan fingerprint density at radius 2 is 1.95 bits per heavy atom. The van der Waals surface area contributed by atoms with Gasteiger partial charge in [-0.3, -0.25) is 4.79 Å². The van der Waals surface area contributed by atoms with Crippen LogP contribution in [0.15, 0.2) is 36.5 Å². The fourth-order valence-electron chi connectivity index (χ4n) is 1.63. The summed E-state index contributed by atoms with van der Waals surface area (Å²) < 4.78 is 39.2. The van der Waals surface area contributed by atoms with Crippen molar-refractivity contribution >= 4 is 5.91 Å². The van der Waals surface area contributed by atoms with Crippen molar-refractivity contribution in [3.63, 3.8) is 0 Å². The van der Waals surface area contributed by atoms with Gasteiger partial charge in [0.2, 0.25) is 12.1 Å². The molecule has 0 spiro atoms. The number of hydrogen-bond acceptors (Lipinski definition) is 3. The summed E-state index contributed by atoms with van der Waals surface area (Å²) in [6.45, 7) is 1.01. The van der Waals surface area contributed by atoms with E-state index in [-0.39, 0.29) is 0 Å². The summed E-state index contributed by atoms with van der Waals surface area (Å²) in [5.41, 5.74) is 0.938. The molecule has 106 valence electrons. The van der Waals surface area contributed by atoms with Crippen LogP contribution in [0.5, 0.6) is 0 Å². The number of carbonyl (C=O) groups excluding carboxylic acids is 1. The lowest BCUT2D eigenvalue weighted by atomic mass is 10.2. The Labute approximate surface area is 112 Å². The Morgan fingerprint density at radius 1 is 1.30 bits per heavy atom. The van der Waals surface area contributed by atoms with Gasteiger partial charge in [0.05, 0.1) is 6.20 Å². The third kappa shape index (κ3) is 3.14. The molecule has 8 heteroatoms. The minimum atomic E-state index is -4.66. The first-order valence-electron chi connectivity index (χ1n) is 5.69. The quantitative estimate of drug-likeness (QED) is 0.939. The van der Waals surface area contributed by atoms with Crippen molar-refractivity contribution in [1.29, 1.82) is 0 Å². The highest BCUT2D eigenvalue weighted by Gasteiger charge is 2.42. The zero-order chi connectivity index (χ0) is 14.8. The van der Waals surface area contributed by atoms with Crippen molar-refractivity contribution in [2.45, 2.75) is 19.3 Å². The Hall–Kier alpha value is -2.38. The van der Waals surface area contributed by atoms with Gasteiger partial charge in [-0.15, -0.1) is 5.10 Å². The average Bonchev–Trinajstić information content (AvgIpc) is 2.84. The van der Waals surface area contributed by atoms with Gasteiger partial charge >= 0.3 is 6.18 Å². The molecule has 0 aliphatic carbocycles. The number of rotatable bonds is 3. The van der Waals surface area contributed by atoms with E-state index in [1.54, 1.807) is 35.6 Å². The van der Waals surface area contributed by atoms with Crippen LogP contribution in [-0.4, -0.2) is 27.1 Å². The maximum Gasteiger partial charge on any atom is 0.429 e. The van der Waals surface area contributed by atoms with Gasteiger partial charge in [0.25, 0.3) is 0 Å². The summed E-state index contributed by atoms with van der Waals surface area (Å²) in [7, 11) is 0. The molecule has 0 radical (unpaired) electrons. The van der Waals surface area contributed by atoms with Crippen LogP contribution >= 0.6 is 0 Å². The van der Waals surface area contributed by atoms with Crippen LogP contribution in [0.1, 0.15) is 13.1 Å². The van der Waals surface area contributed by atoms with E-state index in [2.05, 4.69) is 10.3 Å². The molecule has 2 rings (SSSR count). The van der Waals surface area contributed by atoms with Crippen LogP contribution in [0.4, 0.5) is 13.2 Å². The minimum absolute atomic E-state index is 0.296. The van der Waals surface area contributed by atoms with E-state index < -0.39 is 18.2 Å². The molecular weight excluding hydrogens is 273 g/mol. The number of hydrogen-bond donors (Lipinski definition) is 1. The zero-order valence-electron chi connectivity index (χ0n) is 10.4. The molecule has 0 aliphatic heterocycles. The zero-order valence-corrected chi connectivity index (χ0v) is 10.4. The van der Waals surface area contributed by atoms with E-state index >= 15 is 0 Å². The molecule has 0 saturated heterocycles. The maximum absolute atomic E-state index is 12.9. The van der Waals surface area contributed by atoms with Crippen molar-refractivity contribution in [3.05, 3.63) is 36.5 Å². The van der Waals surface area contributed by atoms with Gasteiger partial charge in [-0.25, -0.2) is 4.68 Å². The van der Waals surface area contributed by atoms with Gasteiger partial charge in [0.15, 0.2) is 0 Å². The number of halogens is 3. The maximum atomic E-state index is 12.9. The highest BCUT2D eigenvalue weighted by Crippen LogP contribution is 2.28. The fraction of sp³-hybridized carbons (Fsp3) is 0.250. The summed E-state index contributed by atoms with van der Waals surface area (Å²) in [4.78, 5) is 10.9. The van der Waals surface area contributed by atoms with Crippen LogP contribution < -0.4 is 5.32 Å². The van der Waals surface area contributed by atoms with Crippen molar-refractivity contribution in [2.24, 2.45) is 0 Å². The lowest BCUT2D eigenvalue weighted by molar-refractivity contribution is -0.181. The lowest BCUT2D eigenvalue weighted by Crippen LogP contribution is -2.41. The Bertz CT molecular complexity index is 594.